The summed E-state index contributed by atoms with van der Waals surface area (Å²) in [5, 5.41) is 7.84. The Balaban J connectivity index is 1.84. The SMILES string of the molecule is COc1ccc(Cl)cc1-n1c(CSCc2ccccc2)n[nH]c1=S. The number of methoxy groups -OCH3 is 1. The van der Waals surface area contributed by atoms with Gasteiger partial charge in [0.15, 0.2) is 4.77 Å². The molecule has 4 nitrogen and oxygen atoms in total. The number of aromatic amines is 1. The number of aromatic nitrogens is 3. The molecular weight excluding hydrogens is 362 g/mol. The molecule has 0 bridgehead atoms. The van der Waals surface area contributed by atoms with Crippen LogP contribution in [0.4, 0.5) is 0 Å². The molecule has 0 unspecified atom stereocenters. The van der Waals surface area contributed by atoms with Gasteiger partial charge in [0.25, 0.3) is 0 Å². The number of rotatable bonds is 6. The molecule has 7 heteroatoms. The largest absolute Gasteiger partial charge is 0.495 e. The quantitative estimate of drug-likeness (QED) is 0.612. The van der Waals surface area contributed by atoms with Gasteiger partial charge in [-0.1, -0.05) is 41.9 Å². The lowest BCUT2D eigenvalue weighted by molar-refractivity contribution is 0.412. The van der Waals surface area contributed by atoms with Gasteiger partial charge >= 0.3 is 0 Å². The number of benzene rings is 2. The fourth-order valence-electron chi connectivity index (χ4n) is 2.35. The number of hydrogen-bond acceptors (Lipinski definition) is 4. The summed E-state index contributed by atoms with van der Waals surface area (Å²) in [5.41, 5.74) is 2.07. The molecule has 0 aliphatic heterocycles. The lowest BCUT2D eigenvalue weighted by Crippen LogP contribution is -2.03. The fraction of sp³-hybridized carbons (Fsp3) is 0.176. The van der Waals surface area contributed by atoms with E-state index in [0.29, 0.717) is 15.5 Å². The predicted molar refractivity (Wildman–Crippen MR) is 102 cm³/mol. The average Bonchev–Trinajstić information content (AvgIpc) is 2.96. The van der Waals surface area contributed by atoms with Gasteiger partial charge in [-0.05, 0) is 36.0 Å². The minimum atomic E-state index is 0.519. The average molecular weight is 378 g/mol. The zero-order chi connectivity index (χ0) is 16.9. The van der Waals surface area contributed by atoms with E-state index in [9.17, 15) is 0 Å². The van der Waals surface area contributed by atoms with Crippen LogP contribution < -0.4 is 4.74 Å². The second-order valence-electron chi connectivity index (χ2n) is 5.07. The van der Waals surface area contributed by atoms with E-state index in [1.807, 2.05) is 34.9 Å². The van der Waals surface area contributed by atoms with Crippen molar-refractivity contribution in [1.29, 1.82) is 0 Å². The highest BCUT2D eigenvalue weighted by molar-refractivity contribution is 7.97. The predicted octanol–water partition coefficient (Wildman–Crippen LogP) is 5.03. The number of hydrogen-bond donors (Lipinski definition) is 1. The van der Waals surface area contributed by atoms with Gasteiger partial charge in [0, 0.05) is 10.8 Å². The van der Waals surface area contributed by atoms with Gasteiger partial charge < -0.3 is 4.74 Å². The molecule has 0 amide bonds. The monoisotopic (exact) mass is 377 g/mol. The van der Waals surface area contributed by atoms with Crippen LogP contribution in [0.25, 0.3) is 5.69 Å². The Morgan fingerprint density at radius 2 is 2.00 bits per heavy atom. The van der Waals surface area contributed by atoms with Gasteiger partial charge in [-0.2, -0.15) is 5.10 Å². The lowest BCUT2D eigenvalue weighted by Gasteiger charge is -2.12. The molecule has 0 aliphatic rings. The van der Waals surface area contributed by atoms with E-state index in [2.05, 4.69) is 22.3 Å². The Hall–Kier alpha value is -1.76. The number of H-pyrrole nitrogens is 1. The molecule has 0 radical (unpaired) electrons. The first-order chi connectivity index (χ1) is 11.7. The molecule has 124 valence electrons. The number of nitrogens with one attached hydrogen (secondary N) is 1. The maximum absolute atomic E-state index is 6.14. The highest BCUT2D eigenvalue weighted by Gasteiger charge is 2.13. The van der Waals surface area contributed by atoms with Gasteiger partial charge in [-0.3, -0.25) is 9.67 Å². The Kier molecular flexibility index (Phi) is 5.60. The van der Waals surface area contributed by atoms with Crippen molar-refractivity contribution in [2.75, 3.05) is 7.11 Å². The molecule has 2 aromatic carbocycles. The smallest absolute Gasteiger partial charge is 0.200 e. The molecular formula is C17H16ClN3OS2. The maximum atomic E-state index is 6.14. The number of ether oxygens (including phenoxy) is 1. The Bertz CT molecular complexity index is 877. The zero-order valence-electron chi connectivity index (χ0n) is 13.0. The van der Waals surface area contributed by atoms with Gasteiger partial charge in [0.1, 0.15) is 11.6 Å². The highest BCUT2D eigenvalue weighted by Crippen LogP contribution is 2.28. The van der Waals surface area contributed by atoms with Gasteiger partial charge in [0.2, 0.25) is 0 Å². The third kappa shape index (κ3) is 3.83. The van der Waals surface area contributed by atoms with Crippen LogP contribution in [0.15, 0.2) is 48.5 Å². The minimum Gasteiger partial charge on any atom is -0.495 e. The molecule has 1 N–H and O–H groups in total. The minimum absolute atomic E-state index is 0.519. The van der Waals surface area contributed by atoms with Gasteiger partial charge in [-0.25, -0.2) is 0 Å². The van der Waals surface area contributed by atoms with Crippen molar-refractivity contribution in [3.63, 3.8) is 0 Å². The van der Waals surface area contributed by atoms with Crippen LogP contribution >= 0.6 is 35.6 Å². The maximum Gasteiger partial charge on any atom is 0.200 e. The van der Waals surface area contributed by atoms with Crippen LogP contribution in [0.1, 0.15) is 11.4 Å². The third-order valence-electron chi connectivity index (χ3n) is 3.47. The lowest BCUT2D eigenvalue weighted by atomic mass is 10.2. The summed E-state index contributed by atoms with van der Waals surface area (Å²) in [7, 11) is 1.63. The first-order valence-corrected chi connectivity index (χ1v) is 9.25. The molecule has 0 saturated heterocycles. The van der Waals surface area contributed by atoms with Crippen molar-refractivity contribution in [3.05, 3.63) is 69.7 Å². The van der Waals surface area contributed by atoms with Gasteiger partial charge in [-0.15, -0.1) is 11.8 Å². The standard InChI is InChI=1S/C17H16ClN3OS2/c1-22-15-8-7-13(18)9-14(15)21-16(19-20-17(21)23)11-24-10-12-5-3-2-4-6-12/h2-9H,10-11H2,1H3,(H,20,23). The Labute approximate surface area is 154 Å². The molecule has 24 heavy (non-hydrogen) atoms. The van der Waals surface area contributed by atoms with Crippen molar-refractivity contribution in [3.8, 4) is 11.4 Å². The van der Waals surface area contributed by atoms with Gasteiger partial charge in [0.05, 0.1) is 18.6 Å². The molecule has 1 aromatic heterocycles. The van der Waals surface area contributed by atoms with Crippen LogP contribution in [0, 0.1) is 4.77 Å². The topological polar surface area (TPSA) is 42.8 Å². The first-order valence-electron chi connectivity index (χ1n) is 7.31. The summed E-state index contributed by atoms with van der Waals surface area (Å²) in [6.07, 6.45) is 0. The van der Waals surface area contributed by atoms with E-state index in [-0.39, 0.29) is 0 Å². The van der Waals surface area contributed by atoms with Crippen molar-refractivity contribution in [2.24, 2.45) is 0 Å². The molecule has 3 rings (SSSR count). The van der Waals surface area contributed by atoms with E-state index in [0.717, 1.165) is 23.0 Å². The van der Waals surface area contributed by atoms with Crippen LogP contribution in [0.5, 0.6) is 5.75 Å². The number of halogens is 1. The summed E-state index contributed by atoms with van der Waals surface area (Å²) >= 11 is 13.3. The summed E-state index contributed by atoms with van der Waals surface area (Å²) in [6.45, 7) is 0. The van der Waals surface area contributed by atoms with Crippen molar-refractivity contribution in [1.82, 2.24) is 14.8 Å². The molecule has 3 aromatic rings. The van der Waals surface area contributed by atoms with E-state index in [4.69, 9.17) is 28.6 Å². The molecule has 0 aliphatic carbocycles. The Morgan fingerprint density at radius 3 is 2.75 bits per heavy atom. The summed E-state index contributed by atoms with van der Waals surface area (Å²) in [5.74, 6) is 3.16. The van der Waals surface area contributed by atoms with E-state index in [1.54, 1.807) is 24.9 Å². The second kappa shape index (κ2) is 7.88. The fourth-order valence-corrected chi connectivity index (χ4v) is 3.67. The van der Waals surface area contributed by atoms with E-state index >= 15 is 0 Å². The highest BCUT2D eigenvalue weighted by atomic mass is 35.5. The third-order valence-corrected chi connectivity index (χ3v) is 4.98. The van der Waals surface area contributed by atoms with Crippen molar-refractivity contribution >= 4 is 35.6 Å². The first kappa shape index (κ1) is 17.1. The van der Waals surface area contributed by atoms with Crippen LogP contribution in [0.2, 0.25) is 5.02 Å². The van der Waals surface area contributed by atoms with Crippen molar-refractivity contribution < 1.29 is 4.74 Å². The summed E-state index contributed by atoms with van der Waals surface area (Å²) in [4.78, 5) is 0. The van der Waals surface area contributed by atoms with Crippen LogP contribution in [0.3, 0.4) is 0 Å². The molecule has 1 heterocycles. The van der Waals surface area contributed by atoms with E-state index < -0.39 is 0 Å². The molecule has 0 saturated carbocycles. The normalized spacial score (nSPS) is 10.8. The van der Waals surface area contributed by atoms with Crippen molar-refractivity contribution in [2.45, 2.75) is 11.5 Å². The Morgan fingerprint density at radius 1 is 1.21 bits per heavy atom. The number of nitrogens with zero attached hydrogens (tertiary/aromatic N) is 2. The second-order valence-corrected chi connectivity index (χ2v) is 6.88. The van der Waals surface area contributed by atoms with Crippen LogP contribution in [-0.4, -0.2) is 21.9 Å². The summed E-state index contributed by atoms with van der Waals surface area (Å²) < 4.78 is 7.83. The number of thioether (sulfide) groups is 1. The summed E-state index contributed by atoms with van der Waals surface area (Å²) in [6, 6.07) is 15.8. The molecule has 0 fully saturated rings. The molecule has 0 atom stereocenters. The van der Waals surface area contributed by atoms with E-state index in [1.165, 1.54) is 5.56 Å². The van der Waals surface area contributed by atoms with Crippen LogP contribution in [-0.2, 0) is 11.5 Å². The molecule has 0 spiro atoms. The zero-order valence-corrected chi connectivity index (χ0v) is 15.4.